The van der Waals surface area contributed by atoms with E-state index in [1.54, 1.807) is 25.1 Å². The molecular weight excluding hydrogens is 364 g/mol. The minimum absolute atomic E-state index is 0.0525. The molecule has 0 aliphatic heterocycles. The zero-order chi connectivity index (χ0) is 18.6. The number of anilines is 1. The molecule has 0 radical (unpaired) electrons. The van der Waals surface area contributed by atoms with Crippen molar-refractivity contribution in [2.75, 3.05) is 5.32 Å². The van der Waals surface area contributed by atoms with E-state index >= 15 is 0 Å². The Hall–Kier alpha value is -2.36. The molecule has 0 aromatic heterocycles. The molecule has 25 heavy (non-hydrogen) atoms. The van der Waals surface area contributed by atoms with Crippen molar-refractivity contribution < 1.29 is 23.1 Å². The number of carbonyl (C=O) groups excluding carboxylic acids is 1. The minimum Gasteiger partial charge on any atom is -0.478 e. The van der Waals surface area contributed by atoms with E-state index < -0.39 is 21.2 Å². The second-order valence-corrected chi connectivity index (χ2v) is 8.06. The molecule has 0 heterocycles. The molecule has 4 N–H and O–H groups in total. The number of rotatable bonds is 6. The molecule has 0 unspecified atom stereocenters. The van der Waals surface area contributed by atoms with Gasteiger partial charge in [0, 0.05) is 10.6 Å². The largest absolute Gasteiger partial charge is 0.478 e. The quantitative estimate of drug-likeness (QED) is 0.659. The molecule has 2 aromatic rings. The molecule has 132 valence electrons. The summed E-state index contributed by atoms with van der Waals surface area (Å²) >= 11 is 1.12. The predicted molar refractivity (Wildman–Crippen MR) is 95.2 cm³/mol. The highest BCUT2D eigenvalue weighted by molar-refractivity contribution is 8.00. The van der Waals surface area contributed by atoms with Gasteiger partial charge in [0.25, 0.3) is 0 Å². The van der Waals surface area contributed by atoms with E-state index in [0.717, 1.165) is 11.8 Å². The van der Waals surface area contributed by atoms with Crippen LogP contribution in [0.5, 0.6) is 0 Å². The molecule has 0 saturated carbocycles. The van der Waals surface area contributed by atoms with Crippen LogP contribution in [0.1, 0.15) is 17.3 Å². The van der Waals surface area contributed by atoms with E-state index in [1.165, 1.54) is 30.3 Å². The first-order valence-corrected chi connectivity index (χ1v) is 9.54. The summed E-state index contributed by atoms with van der Waals surface area (Å²) in [5.74, 6) is -1.40. The number of aromatic carboxylic acids is 1. The molecule has 0 bridgehead atoms. The van der Waals surface area contributed by atoms with Crippen molar-refractivity contribution in [3.8, 4) is 0 Å². The van der Waals surface area contributed by atoms with Crippen molar-refractivity contribution in [3.05, 3.63) is 54.1 Å². The van der Waals surface area contributed by atoms with Crippen LogP contribution in [0.2, 0.25) is 0 Å². The van der Waals surface area contributed by atoms with Gasteiger partial charge >= 0.3 is 5.97 Å². The highest BCUT2D eigenvalue weighted by Gasteiger charge is 2.18. The number of carboxylic acids is 1. The van der Waals surface area contributed by atoms with Crippen LogP contribution in [-0.2, 0) is 14.8 Å². The maximum atomic E-state index is 12.3. The van der Waals surface area contributed by atoms with Gasteiger partial charge in [-0.3, -0.25) is 4.79 Å². The number of benzene rings is 2. The van der Waals surface area contributed by atoms with Gasteiger partial charge in [0.15, 0.2) is 0 Å². The van der Waals surface area contributed by atoms with Crippen LogP contribution in [0.15, 0.2) is 58.3 Å². The zero-order valence-corrected chi connectivity index (χ0v) is 14.8. The van der Waals surface area contributed by atoms with Crippen molar-refractivity contribution in [3.63, 3.8) is 0 Å². The number of amides is 1. The lowest BCUT2D eigenvalue weighted by Crippen LogP contribution is -2.22. The van der Waals surface area contributed by atoms with Crippen LogP contribution < -0.4 is 10.5 Å². The first-order chi connectivity index (χ1) is 11.7. The summed E-state index contributed by atoms with van der Waals surface area (Å²) in [4.78, 5) is 23.9. The van der Waals surface area contributed by atoms with Gasteiger partial charge in [0.2, 0.25) is 15.9 Å². The number of primary sulfonamides is 1. The summed E-state index contributed by atoms with van der Waals surface area (Å²) in [5, 5.41) is 16.3. The van der Waals surface area contributed by atoms with E-state index in [0.29, 0.717) is 10.6 Å². The van der Waals surface area contributed by atoms with Gasteiger partial charge in [0.05, 0.1) is 15.7 Å². The SMILES string of the molecule is C[C@H](Sc1ccccc1C(=O)O)C(=O)Nc1ccc(S(N)(=O)=O)cc1. The van der Waals surface area contributed by atoms with E-state index in [-0.39, 0.29) is 16.4 Å². The van der Waals surface area contributed by atoms with Crippen LogP contribution in [0.25, 0.3) is 0 Å². The number of nitrogens with one attached hydrogen (secondary N) is 1. The topological polar surface area (TPSA) is 127 Å². The number of hydrogen-bond donors (Lipinski definition) is 3. The fourth-order valence-corrected chi connectivity index (χ4v) is 3.46. The highest BCUT2D eigenvalue weighted by atomic mass is 32.2. The summed E-state index contributed by atoms with van der Waals surface area (Å²) in [6, 6.07) is 11.9. The standard InChI is InChI=1S/C16H16N2O5S2/c1-10(24-14-5-3-2-4-13(14)16(20)21)15(19)18-11-6-8-12(9-7-11)25(17,22)23/h2-10H,1H3,(H,18,19)(H,20,21)(H2,17,22,23)/t10-/m0/s1. The van der Waals surface area contributed by atoms with E-state index in [4.69, 9.17) is 5.14 Å². The molecule has 2 aromatic carbocycles. The Bertz CT molecular complexity index is 895. The van der Waals surface area contributed by atoms with Crippen LogP contribution >= 0.6 is 11.8 Å². The summed E-state index contributed by atoms with van der Waals surface area (Å²) in [7, 11) is -3.79. The number of carbonyl (C=O) groups is 2. The van der Waals surface area contributed by atoms with Crippen molar-refractivity contribution >= 4 is 39.3 Å². The Morgan fingerprint density at radius 1 is 1.12 bits per heavy atom. The molecule has 2 rings (SSSR count). The molecule has 9 heteroatoms. The van der Waals surface area contributed by atoms with Crippen LogP contribution in [0.3, 0.4) is 0 Å². The number of hydrogen-bond acceptors (Lipinski definition) is 5. The normalized spacial score (nSPS) is 12.4. The highest BCUT2D eigenvalue weighted by Crippen LogP contribution is 2.27. The third kappa shape index (κ3) is 5.05. The molecular formula is C16H16N2O5S2. The third-order valence-electron chi connectivity index (χ3n) is 3.24. The minimum atomic E-state index is -3.79. The van der Waals surface area contributed by atoms with Gasteiger partial charge in [-0.25, -0.2) is 18.4 Å². The first kappa shape index (κ1) is 19.0. The lowest BCUT2D eigenvalue weighted by atomic mass is 10.2. The molecule has 0 saturated heterocycles. The lowest BCUT2D eigenvalue weighted by Gasteiger charge is -2.13. The first-order valence-electron chi connectivity index (χ1n) is 7.11. The Morgan fingerprint density at radius 2 is 1.72 bits per heavy atom. The van der Waals surface area contributed by atoms with Gasteiger partial charge in [-0.1, -0.05) is 12.1 Å². The second kappa shape index (κ2) is 7.68. The average Bonchev–Trinajstić information content (AvgIpc) is 2.54. The van der Waals surface area contributed by atoms with Crippen molar-refractivity contribution in [1.29, 1.82) is 0 Å². The molecule has 1 atom stereocenters. The fraction of sp³-hybridized carbons (Fsp3) is 0.125. The van der Waals surface area contributed by atoms with Gasteiger partial charge in [-0.2, -0.15) is 0 Å². The van der Waals surface area contributed by atoms with E-state index in [1.807, 2.05) is 0 Å². The summed E-state index contributed by atoms with van der Waals surface area (Å²) in [5.41, 5.74) is 0.543. The van der Waals surface area contributed by atoms with Gasteiger partial charge in [0.1, 0.15) is 0 Å². The summed E-state index contributed by atoms with van der Waals surface area (Å²) < 4.78 is 22.4. The molecule has 0 aliphatic carbocycles. The zero-order valence-electron chi connectivity index (χ0n) is 13.2. The Balaban J connectivity index is 2.07. The van der Waals surface area contributed by atoms with E-state index in [9.17, 15) is 23.1 Å². The maximum absolute atomic E-state index is 12.3. The summed E-state index contributed by atoms with van der Waals surface area (Å²) in [6.45, 7) is 1.65. The molecule has 0 aliphatic rings. The van der Waals surface area contributed by atoms with Crippen molar-refractivity contribution in [2.24, 2.45) is 5.14 Å². The predicted octanol–water partition coefficient (Wildman–Crippen LogP) is 2.15. The Labute approximate surface area is 149 Å². The van der Waals surface area contributed by atoms with Crippen molar-refractivity contribution in [1.82, 2.24) is 0 Å². The number of thioether (sulfide) groups is 1. The second-order valence-electron chi connectivity index (χ2n) is 5.12. The average molecular weight is 380 g/mol. The number of nitrogens with two attached hydrogens (primary N) is 1. The smallest absolute Gasteiger partial charge is 0.336 e. The fourth-order valence-electron chi connectivity index (χ4n) is 1.96. The van der Waals surface area contributed by atoms with E-state index in [2.05, 4.69) is 5.32 Å². The Morgan fingerprint density at radius 3 is 2.28 bits per heavy atom. The summed E-state index contributed by atoms with van der Waals surface area (Å²) in [6.07, 6.45) is 0. The van der Waals surface area contributed by atoms with Crippen LogP contribution in [0.4, 0.5) is 5.69 Å². The third-order valence-corrected chi connectivity index (χ3v) is 5.35. The van der Waals surface area contributed by atoms with Gasteiger partial charge < -0.3 is 10.4 Å². The maximum Gasteiger partial charge on any atom is 0.336 e. The molecule has 1 amide bonds. The van der Waals surface area contributed by atoms with Crippen LogP contribution in [0, 0.1) is 0 Å². The molecule has 7 nitrogen and oxygen atoms in total. The molecule has 0 spiro atoms. The van der Waals surface area contributed by atoms with Crippen LogP contribution in [-0.4, -0.2) is 30.7 Å². The lowest BCUT2D eigenvalue weighted by molar-refractivity contribution is -0.115. The number of carboxylic acid groups (broad SMARTS) is 1. The van der Waals surface area contributed by atoms with Crippen molar-refractivity contribution in [2.45, 2.75) is 22.0 Å². The van der Waals surface area contributed by atoms with Gasteiger partial charge in [-0.15, -0.1) is 11.8 Å². The number of sulfonamides is 1. The molecule has 0 fully saturated rings. The Kier molecular flexibility index (Phi) is 5.83. The monoisotopic (exact) mass is 380 g/mol. The van der Waals surface area contributed by atoms with Gasteiger partial charge in [-0.05, 0) is 43.3 Å².